The molecule has 0 amide bonds. The Kier molecular flexibility index (Phi) is 4.45. The molecule has 6 heteroatoms. The maximum Gasteiger partial charge on any atom is 0.198 e. The van der Waals surface area contributed by atoms with Crippen molar-refractivity contribution in [3.63, 3.8) is 0 Å². The van der Waals surface area contributed by atoms with Gasteiger partial charge in [-0.3, -0.25) is 0 Å². The molecule has 27 heavy (non-hydrogen) atoms. The molecule has 1 aliphatic heterocycles. The molecule has 0 spiro atoms. The van der Waals surface area contributed by atoms with Gasteiger partial charge in [0.25, 0.3) is 0 Å². The maximum atomic E-state index is 13.9. The number of hydrogen-bond acceptors (Lipinski definition) is 5. The second kappa shape index (κ2) is 7.09. The van der Waals surface area contributed by atoms with E-state index in [2.05, 4.69) is 21.6 Å². The number of thiazole rings is 1. The fraction of sp³-hybridized carbons (Fsp3) is 0.381. The first-order valence-corrected chi connectivity index (χ1v) is 10.3. The molecule has 1 N–H and O–H groups in total. The lowest BCUT2D eigenvalue weighted by Gasteiger charge is -2.20. The molecule has 1 saturated heterocycles. The Balaban J connectivity index is 1.65. The minimum atomic E-state index is -0.244. The van der Waals surface area contributed by atoms with Crippen molar-refractivity contribution in [3.8, 4) is 21.8 Å². The Morgan fingerprint density at radius 3 is 2.70 bits per heavy atom. The van der Waals surface area contributed by atoms with Crippen LogP contribution in [0.2, 0.25) is 0 Å². The zero-order valence-electron chi connectivity index (χ0n) is 14.9. The lowest BCUT2D eigenvalue weighted by atomic mass is 9.99. The molecule has 2 aliphatic rings. The molecule has 0 atom stereocenters. The van der Waals surface area contributed by atoms with Crippen LogP contribution in [0, 0.1) is 12.1 Å². The van der Waals surface area contributed by atoms with Crippen LogP contribution in [0.15, 0.2) is 30.5 Å². The van der Waals surface area contributed by atoms with Crippen LogP contribution < -0.4 is 5.32 Å². The highest BCUT2D eigenvalue weighted by Gasteiger charge is 2.30. The molecular weight excluding hydrogens is 359 g/mol. The quantitative estimate of drug-likeness (QED) is 0.722. The summed E-state index contributed by atoms with van der Waals surface area (Å²) in [6.45, 7) is 2.03. The fourth-order valence-corrected chi connectivity index (χ4v) is 5.02. The Morgan fingerprint density at radius 1 is 1.07 bits per heavy atom. The Morgan fingerprint density at radius 2 is 1.93 bits per heavy atom. The summed E-state index contributed by atoms with van der Waals surface area (Å²) in [6.07, 6.45) is 9.17. The first-order valence-electron chi connectivity index (χ1n) is 9.50. The van der Waals surface area contributed by atoms with Crippen LogP contribution in [0.5, 0.6) is 0 Å². The number of rotatable bonds is 4. The minimum absolute atomic E-state index is 0.244. The van der Waals surface area contributed by atoms with Gasteiger partial charge in [0.05, 0.1) is 21.3 Å². The molecule has 4 nitrogen and oxygen atoms in total. The van der Waals surface area contributed by atoms with Gasteiger partial charge >= 0.3 is 0 Å². The van der Waals surface area contributed by atoms with E-state index in [0.29, 0.717) is 11.8 Å². The normalized spacial score (nSPS) is 18.0. The molecule has 3 aromatic rings. The zero-order valence-corrected chi connectivity index (χ0v) is 15.7. The lowest BCUT2D eigenvalue weighted by molar-refractivity contribution is 0.459. The van der Waals surface area contributed by atoms with Gasteiger partial charge in [-0.1, -0.05) is 12.1 Å². The van der Waals surface area contributed by atoms with Gasteiger partial charge in [0.1, 0.15) is 5.82 Å². The number of nitrogens with one attached hydrogen (secondary N) is 1. The highest BCUT2D eigenvalue weighted by molar-refractivity contribution is 7.15. The summed E-state index contributed by atoms with van der Waals surface area (Å²) in [5.74, 6) is 0.735. The zero-order chi connectivity index (χ0) is 18.2. The number of hydrogen-bond donors (Lipinski definition) is 1. The standard InChI is InChI=1S/C21H20FN4S/c22-16-3-1-2-15(10-16)18-20(19-17(13-4-5-13)11-24-12-25-19)27-21(26-18)14-6-8-23-9-7-14/h1-3,10-11,13-14,23H,4-9H2. The predicted molar refractivity (Wildman–Crippen MR) is 104 cm³/mol. The van der Waals surface area contributed by atoms with E-state index in [4.69, 9.17) is 4.98 Å². The lowest BCUT2D eigenvalue weighted by Crippen LogP contribution is -2.26. The van der Waals surface area contributed by atoms with E-state index in [1.54, 1.807) is 23.5 Å². The van der Waals surface area contributed by atoms with E-state index in [9.17, 15) is 4.39 Å². The largest absolute Gasteiger partial charge is 0.317 e. The summed E-state index contributed by atoms with van der Waals surface area (Å²) in [5.41, 5.74) is 3.74. The number of aromatic nitrogens is 3. The summed E-state index contributed by atoms with van der Waals surface area (Å²) in [7, 11) is 0. The Bertz CT molecular complexity index is 960. The van der Waals surface area contributed by atoms with Crippen LogP contribution in [-0.4, -0.2) is 28.0 Å². The van der Waals surface area contributed by atoms with Crippen LogP contribution >= 0.6 is 11.3 Å². The van der Waals surface area contributed by atoms with Gasteiger partial charge in [-0.2, -0.15) is 0 Å². The summed E-state index contributed by atoms with van der Waals surface area (Å²) in [6, 6.07) is 6.70. The van der Waals surface area contributed by atoms with Gasteiger partial charge in [0, 0.05) is 23.2 Å². The van der Waals surface area contributed by atoms with Gasteiger partial charge in [0.15, 0.2) is 6.33 Å². The number of piperidine rings is 1. The van der Waals surface area contributed by atoms with Crippen molar-refractivity contribution < 1.29 is 4.39 Å². The van der Waals surface area contributed by atoms with Crippen molar-refractivity contribution in [2.45, 2.75) is 37.5 Å². The van der Waals surface area contributed by atoms with Crippen LogP contribution in [0.25, 0.3) is 21.8 Å². The summed E-state index contributed by atoms with van der Waals surface area (Å²) >= 11 is 1.71. The highest BCUT2D eigenvalue weighted by Crippen LogP contribution is 2.47. The van der Waals surface area contributed by atoms with E-state index in [0.717, 1.165) is 52.8 Å². The number of halogens is 1. The number of nitrogens with zero attached hydrogens (tertiary/aromatic N) is 3. The predicted octanol–water partition coefficient (Wildman–Crippen LogP) is 4.55. The van der Waals surface area contributed by atoms with Crippen LogP contribution in [0.1, 0.15) is 48.1 Å². The van der Waals surface area contributed by atoms with Crippen molar-refractivity contribution in [1.29, 1.82) is 0 Å². The molecule has 0 bridgehead atoms. The van der Waals surface area contributed by atoms with Crippen LogP contribution in [0.4, 0.5) is 4.39 Å². The molecule has 0 unspecified atom stereocenters. The SMILES string of the molecule is Fc1cccc(-c2nc(C3CCNCC3)sc2-c2n[c]ncc2C2CC2)c1. The van der Waals surface area contributed by atoms with E-state index in [1.807, 2.05) is 12.3 Å². The third-order valence-electron chi connectivity index (χ3n) is 5.36. The van der Waals surface area contributed by atoms with E-state index < -0.39 is 0 Å². The molecule has 1 aliphatic carbocycles. The van der Waals surface area contributed by atoms with Crippen molar-refractivity contribution in [2.24, 2.45) is 0 Å². The molecule has 1 saturated carbocycles. The van der Waals surface area contributed by atoms with Crippen LogP contribution in [0.3, 0.4) is 0 Å². The first kappa shape index (κ1) is 17.0. The molecule has 2 aromatic heterocycles. The second-order valence-corrected chi connectivity index (χ2v) is 8.34. The van der Waals surface area contributed by atoms with Crippen molar-refractivity contribution in [3.05, 3.63) is 53.2 Å². The van der Waals surface area contributed by atoms with Crippen molar-refractivity contribution >= 4 is 11.3 Å². The van der Waals surface area contributed by atoms with Gasteiger partial charge in [-0.05, 0) is 56.8 Å². The summed E-state index contributed by atoms with van der Waals surface area (Å²) in [5, 5.41) is 4.54. The minimum Gasteiger partial charge on any atom is -0.317 e. The molecule has 3 heterocycles. The van der Waals surface area contributed by atoms with Gasteiger partial charge in [-0.15, -0.1) is 11.3 Å². The van der Waals surface area contributed by atoms with Gasteiger partial charge in [0.2, 0.25) is 0 Å². The third-order valence-corrected chi connectivity index (χ3v) is 6.58. The number of benzene rings is 1. The molecule has 1 radical (unpaired) electrons. The van der Waals surface area contributed by atoms with Crippen LogP contribution in [-0.2, 0) is 0 Å². The summed E-state index contributed by atoms with van der Waals surface area (Å²) < 4.78 is 13.9. The first-order chi connectivity index (χ1) is 13.3. The Hall–Kier alpha value is -2.18. The molecule has 5 rings (SSSR count). The average molecular weight is 379 g/mol. The smallest absolute Gasteiger partial charge is 0.198 e. The average Bonchev–Trinajstić information content (AvgIpc) is 3.47. The molecule has 1 aromatic carbocycles. The topological polar surface area (TPSA) is 50.7 Å². The van der Waals surface area contributed by atoms with E-state index in [-0.39, 0.29) is 5.82 Å². The highest BCUT2D eigenvalue weighted by atomic mass is 32.1. The monoisotopic (exact) mass is 379 g/mol. The van der Waals surface area contributed by atoms with Crippen molar-refractivity contribution in [1.82, 2.24) is 20.3 Å². The van der Waals surface area contributed by atoms with Gasteiger partial charge < -0.3 is 5.32 Å². The van der Waals surface area contributed by atoms with Gasteiger partial charge in [-0.25, -0.2) is 19.3 Å². The van der Waals surface area contributed by atoms with E-state index in [1.165, 1.54) is 24.5 Å². The second-order valence-electron chi connectivity index (χ2n) is 7.31. The summed E-state index contributed by atoms with van der Waals surface area (Å²) in [4.78, 5) is 14.6. The third kappa shape index (κ3) is 3.39. The molecule has 2 fully saturated rings. The molecule has 137 valence electrons. The Labute approximate surface area is 161 Å². The van der Waals surface area contributed by atoms with Crippen molar-refractivity contribution in [2.75, 3.05) is 13.1 Å². The fourth-order valence-electron chi connectivity index (χ4n) is 3.75. The maximum absolute atomic E-state index is 13.9. The molecular formula is C21H20FN4S. The van der Waals surface area contributed by atoms with E-state index >= 15 is 0 Å².